The van der Waals surface area contributed by atoms with Crippen LogP contribution in [0.25, 0.3) is 5.57 Å². The Morgan fingerprint density at radius 3 is 2.71 bits per heavy atom. The number of nitrogens with zero attached hydrogens (tertiary/aromatic N) is 2. The first-order chi connectivity index (χ1) is 19.9. The van der Waals surface area contributed by atoms with Crippen molar-refractivity contribution in [2.24, 2.45) is 4.99 Å². The lowest BCUT2D eigenvalue weighted by Crippen LogP contribution is -2.27. The van der Waals surface area contributed by atoms with Gasteiger partial charge in [-0.1, -0.05) is 75.1 Å². The summed E-state index contributed by atoms with van der Waals surface area (Å²) in [6.07, 6.45) is 23.0. The van der Waals surface area contributed by atoms with E-state index in [1.165, 1.54) is 45.5 Å². The van der Waals surface area contributed by atoms with Crippen LogP contribution in [-0.4, -0.2) is 36.8 Å². The first-order valence-corrected chi connectivity index (χ1v) is 15.3. The maximum atomic E-state index is 12.0. The number of hydrogen-bond donors (Lipinski definition) is 0. The van der Waals surface area contributed by atoms with Gasteiger partial charge in [0.05, 0.1) is 6.61 Å². The molecule has 2 aliphatic carbocycles. The van der Waals surface area contributed by atoms with Crippen molar-refractivity contribution in [2.75, 3.05) is 19.7 Å². The Morgan fingerprint density at radius 1 is 1.15 bits per heavy atom. The van der Waals surface area contributed by atoms with Crippen LogP contribution in [0.3, 0.4) is 0 Å². The molecule has 4 rings (SSSR count). The van der Waals surface area contributed by atoms with Crippen LogP contribution in [0, 0.1) is 0 Å². The summed E-state index contributed by atoms with van der Waals surface area (Å²) in [5.41, 5.74) is 9.30. The number of carbonyl (C=O) groups excluding carboxylic acids is 1. The summed E-state index contributed by atoms with van der Waals surface area (Å²) in [7, 11) is 0. The van der Waals surface area contributed by atoms with Crippen LogP contribution in [0.1, 0.15) is 83.3 Å². The molecule has 3 aliphatic rings. The lowest BCUT2D eigenvalue weighted by molar-refractivity contribution is -0.138. The van der Waals surface area contributed by atoms with Crippen LogP contribution in [0.5, 0.6) is 0 Å². The molecule has 1 aliphatic heterocycles. The first kappa shape index (κ1) is 30.3. The van der Waals surface area contributed by atoms with Gasteiger partial charge in [0.1, 0.15) is 0 Å². The van der Waals surface area contributed by atoms with Crippen molar-refractivity contribution in [1.29, 1.82) is 0 Å². The standard InChI is InChI=1S/C37H46N2O2/c1-6-24-39(25-12-13-28(3)36(40)41-7-2)35-21-23-38-27-32-16-15-31(26-34(32)35)30-17-19-33(20-18-30)37(5)22-11-9-8-10-14-29(37)4/h9,11,15,17-21,23,26-27H,3-4,6-8,10,12-14,16,22,24-25H2,1-2,5H3/b11-9+/t37-/m1/s1. The summed E-state index contributed by atoms with van der Waals surface area (Å²) < 4.78 is 5.12. The molecule has 1 aromatic rings. The molecule has 0 unspecified atom stereocenters. The molecule has 1 heterocycles. The van der Waals surface area contributed by atoms with Gasteiger partial charge in [0.15, 0.2) is 0 Å². The highest BCUT2D eigenvalue weighted by Crippen LogP contribution is 2.40. The Labute approximate surface area is 247 Å². The Kier molecular flexibility index (Phi) is 10.6. The zero-order chi connectivity index (χ0) is 29.2. The molecule has 0 N–H and O–H groups in total. The van der Waals surface area contributed by atoms with E-state index >= 15 is 0 Å². The third-order valence-electron chi connectivity index (χ3n) is 8.50. The third kappa shape index (κ3) is 7.35. The summed E-state index contributed by atoms with van der Waals surface area (Å²) in [6, 6.07) is 9.14. The first-order valence-electron chi connectivity index (χ1n) is 15.3. The number of allylic oxidation sites excluding steroid dienone is 8. The van der Waals surface area contributed by atoms with Gasteiger partial charge >= 0.3 is 5.97 Å². The van der Waals surface area contributed by atoms with E-state index in [0.29, 0.717) is 18.6 Å². The number of aliphatic imine (C=N–C) groups is 1. The second kappa shape index (κ2) is 14.3. The molecule has 4 nitrogen and oxygen atoms in total. The average molecular weight is 551 g/mol. The third-order valence-corrected chi connectivity index (χ3v) is 8.50. The van der Waals surface area contributed by atoms with Crippen LogP contribution in [0.4, 0.5) is 0 Å². The number of hydrogen-bond acceptors (Lipinski definition) is 4. The summed E-state index contributed by atoms with van der Waals surface area (Å²) in [4.78, 5) is 19.0. The number of esters is 1. The fourth-order valence-corrected chi connectivity index (χ4v) is 5.90. The van der Waals surface area contributed by atoms with E-state index in [0.717, 1.165) is 51.6 Å². The van der Waals surface area contributed by atoms with Gasteiger partial charge in [-0.3, -0.25) is 4.99 Å². The predicted octanol–water partition coefficient (Wildman–Crippen LogP) is 8.81. The van der Waals surface area contributed by atoms with Crippen molar-refractivity contribution in [3.05, 3.63) is 113 Å². The van der Waals surface area contributed by atoms with E-state index in [-0.39, 0.29) is 11.4 Å². The Balaban J connectivity index is 1.55. The van der Waals surface area contributed by atoms with E-state index < -0.39 is 0 Å². The molecule has 0 saturated carbocycles. The smallest absolute Gasteiger partial charge is 0.333 e. The highest BCUT2D eigenvalue weighted by Gasteiger charge is 2.29. The van der Waals surface area contributed by atoms with Gasteiger partial charge in [-0.2, -0.15) is 0 Å². The lowest BCUT2D eigenvalue weighted by atomic mass is 9.71. The van der Waals surface area contributed by atoms with E-state index in [9.17, 15) is 4.79 Å². The van der Waals surface area contributed by atoms with Gasteiger partial charge in [0, 0.05) is 47.8 Å². The quantitative estimate of drug-likeness (QED) is 0.157. The van der Waals surface area contributed by atoms with Gasteiger partial charge in [-0.05, 0) is 92.7 Å². The normalized spacial score (nSPS) is 21.2. The molecule has 4 heteroatoms. The van der Waals surface area contributed by atoms with Gasteiger partial charge < -0.3 is 9.64 Å². The van der Waals surface area contributed by atoms with Crippen molar-refractivity contribution in [3.8, 4) is 0 Å². The van der Waals surface area contributed by atoms with Crippen molar-refractivity contribution in [2.45, 2.75) is 77.6 Å². The van der Waals surface area contributed by atoms with Crippen molar-refractivity contribution >= 4 is 17.8 Å². The molecule has 0 aromatic heterocycles. The van der Waals surface area contributed by atoms with Crippen molar-refractivity contribution in [1.82, 2.24) is 4.90 Å². The molecule has 0 radical (unpaired) electrons. The van der Waals surface area contributed by atoms with Gasteiger partial charge in [-0.15, -0.1) is 0 Å². The number of carbonyl (C=O) groups is 1. The van der Waals surface area contributed by atoms with Gasteiger partial charge in [0.25, 0.3) is 0 Å². The minimum Gasteiger partial charge on any atom is -0.463 e. The molecule has 41 heavy (non-hydrogen) atoms. The zero-order valence-corrected chi connectivity index (χ0v) is 25.3. The Hall–Kier alpha value is -3.66. The van der Waals surface area contributed by atoms with Crippen LogP contribution in [-0.2, 0) is 14.9 Å². The summed E-state index contributed by atoms with van der Waals surface area (Å²) >= 11 is 0. The molecule has 1 aromatic carbocycles. The van der Waals surface area contributed by atoms with Gasteiger partial charge in [0.2, 0.25) is 0 Å². The SMILES string of the molecule is C=C(CCCN(CCC)C1=CC=NC=C2CC=C(c3ccc([C@]4(C)C/C=C/CCCC4=C)cc3)C=C21)C(=O)OCC. The minimum absolute atomic E-state index is 0.0292. The maximum Gasteiger partial charge on any atom is 0.333 e. The molecule has 0 bridgehead atoms. The van der Waals surface area contributed by atoms with E-state index in [4.69, 9.17) is 4.74 Å². The molecule has 1 atom stereocenters. The number of rotatable bonds is 11. The van der Waals surface area contributed by atoms with Crippen LogP contribution in [0.2, 0.25) is 0 Å². The molecule has 0 amide bonds. The van der Waals surface area contributed by atoms with E-state index in [1.807, 2.05) is 19.3 Å². The number of ether oxygens (including phenoxy) is 1. The second-order valence-electron chi connectivity index (χ2n) is 11.4. The summed E-state index contributed by atoms with van der Waals surface area (Å²) in [5, 5.41) is 0. The van der Waals surface area contributed by atoms with Crippen LogP contribution < -0.4 is 0 Å². The lowest BCUT2D eigenvalue weighted by Gasteiger charge is -2.33. The monoisotopic (exact) mass is 550 g/mol. The Bertz CT molecular complexity index is 1320. The van der Waals surface area contributed by atoms with Gasteiger partial charge in [-0.25, -0.2) is 4.79 Å². The largest absolute Gasteiger partial charge is 0.463 e. The predicted molar refractivity (Wildman–Crippen MR) is 173 cm³/mol. The van der Waals surface area contributed by atoms with E-state index in [2.05, 4.69) is 91.5 Å². The molecule has 0 saturated heterocycles. The summed E-state index contributed by atoms with van der Waals surface area (Å²) in [5.74, 6) is -0.291. The van der Waals surface area contributed by atoms with E-state index in [1.54, 1.807) is 0 Å². The minimum atomic E-state index is -0.291. The fraction of sp³-hybridized carbons (Fsp3) is 0.405. The highest BCUT2D eigenvalue weighted by molar-refractivity contribution is 5.87. The molecular weight excluding hydrogens is 504 g/mol. The van der Waals surface area contributed by atoms with Crippen molar-refractivity contribution in [3.63, 3.8) is 0 Å². The maximum absolute atomic E-state index is 12.0. The fourth-order valence-electron chi connectivity index (χ4n) is 5.90. The molecule has 0 fully saturated rings. The number of fused-ring (bicyclic) bond motifs is 1. The van der Waals surface area contributed by atoms with Crippen molar-refractivity contribution < 1.29 is 9.53 Å². The molecular formula is C37H46N2O2. The molecule has 0 spiro atoms. The average Bonchev–Trinajstić information content (AvgIpc) is 3.19. The zero-order valence-electron chi connectivity index (χ0n) is 25.3. The number of benzene rings is 1. The Morgan fingerprint density at radius 2 is 1.95 bits per heavy atom. The topological polar surface area (TPSA) is 41.9 Å². The summed E-state index contributed by atoms with van der Waals surface area (Å²) in [6.45, 7) is 16.9. The van der Waals surface area contributed by atoms with Crippen LogP contribution >= 0.6 is 0 Å². The van der Waals surface area contributed by atoms with Crippen LogP contribution in [0.15, 0.2) is 107 Å². The molecule has 216 valence electrons. The second-order valence-corrected chi connectivity index (χ2v) is 11.4. The highest BCUT2D eigenvalue weighted by atomic mass is 16.5.